The molecule has 1 aliphatic heterocycles. The molecule has 0 spiro atoms. The van der Waals surface area contributed by atoms with Crippen LogP contribution < -0.4 is 5.32 Å². The summed E-state index contributed by atoms with van der Waals surface area (Å²) in [5.41, 5.74) is 0. The molecular weight excluding hydrogens is 304 g/mol. The van der Waals surface area contributed by atoms with E-state index in [1.807, 2.05) is 7.05 Å². The van der Waals surface area contributed by atoms with Gasteiger partial charge in [-0.05, 0) is 52.1 Å². The summed E-state index contributed by atoms with van der Waals surface area (Å²) < 4.78 is 11.0. The smallest absolute Gasteiger partial charge is 0.193 e. The fourth-order valence-electron chi connectivity index (χ4n) is 3.47. The fourth-order valence-corrected chi connectivity index (χ4v) is 3.47. The molecule has 1 heterocycles. The summed E-state index contributed by atoms with van der Waals surface area (Å²) in [4.78, 5) is 9.20. The Bertz CT molecular complexity index is 375. The van der Waals surface area contributed by atoms with Gasteiger partial charge >= 0.3 is 0 Å². The minimum Gasteiger partial charge on any atom is -0.385 e. The number of nitrogens with one attached hydrogen (secondary N) is 1. The Morgan fingerprint density at radius 3 is 2.46 bits per heavy atom. The van der Waals surface area contributed by atoms with Crippen molar-refractivity contribution in [3.63, 3.8) is 0 Å². The molecule has 6 nitrogen and oxygen atoms in total. The zero-order chi connectivity index (χ0) is 17.4. The molecule has 1 unspecified atom stereocenters. The molecule has 0 aromatic rings. The third-order valence-corrected chi connectivity index (χ3v) is 5.10. The van der Waals surface area contributed by atoms with Gasteiger partial charge in [-0.2, -0.15) is 0 Å². The maximum atomic E-state index is 5.94. The molecule has 0 amide bonds. The zero-order valence-corrected chi connectivity index (χ0v) is 16.0. The maximum Gasteiger partial charge on any atom is 0.193 e. The van der Waals surface area contributed by atoms with Crippen LogP contribution in [-0.2, 0) is 9.47 Å². The number of piperidine rings is 1. The van der Waals surface area contributed by atoms with Crippen molar-refractivity contribution in [3.8, 4) is 0 Å². The molecule has 1 N–H and O–H groups in total. The summed E-state index contributed by atoms with van der Waals surface area (Å²) in [5, 5.41) is 3.59. The SMILES string of the molecule is CN=C(NCC(C1CC1)N(C)C)N1CCC(OCCCOC)CC1. The molecule has 0 radical (unpaired) electrons. The van der Waals surface area contributed by atoms with E-state index in [9.17, 15) is 0 Å². The first-order chi connectivity index (χ1) is 11.7. The summed E-state index contributed by atoms with van der Waals surface area (Å²) in [6.07, 6.45) is 6.26. The van der Waals surface area contributed by atoms with Crippen molar-refractivity contribution in [3.05, 3.63) is 0 Å². The Labute approximate surface area is 147 Å². The fraction of sp³-hybridized carbons (Fsp3) is 0.944. The van der Waals surface area contributed by atoms with Gasteiger partial charge in [0.25, 0.3) is 0 Å². The predicted molar refractivity (Wildman–Crippen MR) is 98.6 cm³/mol. The monoisotopic (exact) mass is 340 g/mol. The molecule has 0 aromatic heterocycles. The van der Waals surface area contributed by atoms with E-state index < -0.39 is 0 Å². The number of nitrogens with zero attached hydrogens (tertiary/aromatic N) is 3. The van der Waals surface area contributed by atoms with Gasteiger partial charge in [0.2, 0.25) is 0 Å². The first-order valence-electron chi connectivity index (χ1n) is 9.38. The minimum atomic E-state index is 0.386. The lowest BCUT2D eigenvalue weighted by Crippen LogP contribution is -2.50. The lowest BCUT2D eigenvalue weighted by molar-refractivity contribution is 0.00986. The number of ether oxygens (including phenoxy) is 2. The summed E-state index contributed by atoms with van der Waals surface area (Å²) in [6, 6.07) is 0.614. The molecule has 0 bridgehead atoms. The van der Waals surface area contributed by atoms with E-state index in [2.05, 4.69) is 34.2 Å². The van der Waals surface area contributed by atoms with E-state index in [0.29, 0.717) is 12.1 Å². The van der Waals surface area contributed by atoms with Gasteiger partial charge in [-0.25, -0.2) is 0 Å². The van der Waals surface area contributed by atoms with Gasteiger partial charge in [-0.3, -0.25) is 4.99 Å². The first-order valence-corrected chi connectivity index (χ1v) is 9.38. The zero-order valence-electron chi connectivity index (χ0n) is 16.0. The largest absolute Gasteiger partial charge is 0.385 e. The van der Waals surface area contributed by atoms with Crippen LogP contribution in [0.5, 0.6) is 0 Å². The van der Waals surface area contributed by atoms with Crippen molar-refractivity contribution in [2.24, 2.45) is 10.9 Å². The van der Waals surface area contributed by atoms with Gasteiger partial charge < -0.3 is 24.6 Å². The van der Waals surface area contributed by atoms with Crippen LogP contribution in [0.25, 0.3) is 0 Å². The van der Waals surface area contributed by atoms with E-state index in [0.717, 1.165) is 64.0 Å². The second-order valence-electron chi connectivity index (χ2n) is 7.20. The van der Waals surface area contributed by atoms with E-state index in [-0.39, 0.29) is 0 Å². The van der Waals surface area contributed by atoms with Gasteiger partial charge in [0, 0.05) is 53.0 Å². The Hall–Kier alpha value is -0.850. The number of hydrogen-bond acceptors (Lipinski definition) is 4. The summed E-state index contributed by atoms with van der Waals surface area (Å²) in [5.74, 6) is 1.90. The molecule has 1 aliphatic carbocycles. The van der Waals surface area contributed by atoms with Crippen LogP contribution in [0, 0.1) is 5.92 Å². The number of guanidine groups is 1. The third-order valence-electron chi connectivity index (χ3n) is 5.10. The average molecular weight is 341 g/mol. The van der Waals surface area contributed by atoms with E-state index in [1.54, 1.807) is 7.11 Å². The number of likely N-dealkylation sites (tertiary alicyclic amines) is 1. The third kappa shape index (κ3) is 6.22. The van der Waals surface area contributed by atoms with Crippen LogP contribution in [0.3, 0.4) is 0 Å². The van der Waals surface area contributed by atoms with Crippen LogP contribution in [-0.4, -0.2) is 89.0 Å². The van der Waals surface area contributed by atoms with Gasteiger partial charge in [0.15, 0.2) is 5.96 Å². The Balaban J connectivity index is 1.69. The van der Waals surface area contributed by atoms with Crippen molar-refractivity contribution in [2.45, 2.75) is 44.2 Å². The standard InChI is InChI=1S/C18H36N4O2/c1-19-18(20-14-17(21(2)3)15-6-7-15)22-10-8-16(9-11-22)24-13-5-12-23-4/h15-17H,5-14H2,1-4H3,(H,19,20). The van der Waals surface area contributed by atoms with Crippen molar-refractivity contribution < 1.29 is 9.47 Å². The average Bonchev–Trinajstić information content (AvgIpc) is 3.41. The molecule has 1 saturated heterocycles. The predicted octanol–water partition coefficient (Wildman–Crippen LogP) is 1.42. The lowest BCUT2D eigenvalue weighted by atomic mass is 10.1. The van der Waals surface area contributed by atoms with Crippen LogP contribution in [0.1, 0.15) is 32.1 Å². The minimum absolute atomic E-state index is 0.386. The van der Waals surface area contributed by atoms with E-state index in [4.69, 9.17) is 9.47 Å². The molecule has 6 heteroatoms. The van der Waals surface area contributed by atoms with Crippen LogP contribution in [0.2, 0.25) is 0 Å². The molecule has 2 fully saturated rings. The van der Waals surface area contributed by atoms with Crippen molar-refractivity contribution in [1.29, 1.82) is 0 Å². The Morgan fingerprint density at radius 1 is 1.21 bits per heavy atom. The topological polar surface area (TPSA) is 49.3 Å². The second-order valence-corrected chi connectivity index (χ2v) is 7.20. The normalized spacial score (nSPS) is 21.4. The van der Waals surface area contributed by atoms with Crippen LogP contribution >= 0.6 is 0 Å². The molecular formula is C18H36N4O2. The Kier molecular flexibility index (Phi) is 8.29. The van der Waals surface area contributed by atoms with Crippen molar-refractivity contribution in [1.82, 2.24) is 15.1 Å². The van der Waals surface area contributed by atoms with Gasteiger partial charge in [0.1, 0.15) is 0 Å². The van der Waals surface area contributed by atoms with Crippen LogP contribution in [0.4, 0.5) is 0 Å². The van der Waals surface area contributed by atoms with E-state index >= 15 is 0 Å². The van der Waals surface area contributed by atoms with Crippen molar-refractivity contribution >= 4 is 5.96 Å². The molecule has 1 saturated carbocycles. The Morgan fingerprint density at radius 2 is 1.92 bits per heavy atom. The number of rotatable bonds is 9. The number of aliphatic imine (C=N–C) groups is 1. The highest BCUT2D eigenvalue weighted by molar-refractivity contribution is 5.80. The highest BCUT2D eigenvalue weighted by Crippen LogP contribution is 2.34. The number of likely N-dealkylation sites (N-methyl/N-ethyl adjacent to an activating group) is 1. The van der Waals surface area contributed by atoms with Gasteiger partial charge in [-0.1, -0.05) is 0 Å². The maximum absolute atomic E-state index is 5.94. The molecule has 24 heavy (non-hydrogen) atoms. The molecule has 0 aromatic carbocycles. The highest BCUT2D eigenvalue weighted by atomic mass is 16.5. The quantitative estimate of drug-likeness (QED) is 0.391. The first kappa shape index (κ1) is 19.5. The van der Waals surface area contributed by atoms with Crippen molar-refractivity contribution in [2.75, 3.05) is 61.1 Å². The highest BCUT2D eigenvalue weighted by Gasteiger charge is 2.33. The summed E-state index contributed by atoms with van der Waals surface area (Å²) >= 11 is 0. The summed E-state index contributed by atoms with van der Waals surface area (Å²) in [6.45, 7) is 4.61. The van der Waals surface area contributed by atoms with E-state index in [1.165, 1.54) is 12.8 Å². The molecule has 1 atom stereocenters. The summed E-state index contributed by atoms with van der Waals surface area (Å²) in [7, 11) is 7.98. The lowest BCUT2D eigenvalue weighted by Gasteiger charge is -2.35. The molecule has 140 valence electrons. The van der Waals surface area contributed by atoms with Crippen LogP contribution in [0.15, 0.2) is 4.99 Å². The second kappa shape index (κ2) is 10.2. The molecule has 2 aliphatic rings. The number of hydrogen-bond donors (Lipinski definition) is 1. The van der Waals surface area contributed by atoms with Gasteiger partial charge in [-0.15, -0.1) is 0 Å². The number of methoxy groups -OCH3 is 1. The van der Waals surface area contributed by atoms with Gasteiger partial charge in [0.05, 0.1) is 6.10 Å². The molecule has 2 rings (SSSR count).